The van der Waals surface area contributed by atoms with Crippen LogP contribution in [0.2, 0.25) is 0 Å². The molecule has 1 fully saturated rings. The van der Waals surface area contributed by atoms with Crippen LogP contribution in [0, 0.1) is 0 Å². The monoisotopic (exact) mass is 173 g/mol. The second kappa shape index (κ2) is 10.1. The minimum absolute atomic E-state index is 0.148. The fourth-order valence-electron chi connectivity index (χ4n) is 0.508. The lowest BCUT2D eigenvalue weighted by Crippen LogP contribution is -2.18. The summed E-state index contributed by atoms with van der Waals surface area (Å²) in [5.41, 5.74) is 0. The summed E-state index contributed by atoms with van der Waals surface area (Å²) in [5.74, 6) is -0.296. The molecule has 1 rings (SSSR count). The van der Waals surface area contributed by atoms with Crippen molar-refractivity contribution >= 4 is 11.8 Å². The third-order valence-electron chi connectivity index (χ3n) is 0.858. The third kappa shape index (κ3) is 9.14. The molecule has 1 aliphatic heterocycles. The highest BCUT2D eigenvalue weighted by Crippen LogP contribution is 1.95. The molecule has 1 aliphatic rings. The Morgan fingerprint density at radius 2 is 1.33 bits per heavy atom. The predicted octanol–water partition coefficient (Wildman–Crippen LogP) is 1.87. The number of imide groups is 1. The van der Waals surface area contributed by atoms with Crippen LogP contribution in [0.25, 0.3) is 0 Å². The standard InChI is InChI=1S/C4H5NO2.C3H8.C2H6/c6-3-1-2-4(7)5-3;1-3-2;1-2/h1-2H2,(H,5,6,7);3H2,1-2H3;1-2H3. The van der Waals surface area contributed by atoms with Gasteiger partial charge in [0.2, 0.25) is 11.8 Å². The fourth-order valence-corrected chi connectivity index (χ4v) is 0.508. The summed E-state index contributed by atoms with van der Waals surface area (Å²) in [6.45, 7) is 8.25. The highest BCUT2D eigenvalue weighted by Gasteiger charge is 2.15. The van der Waals surface area contributed by atoms with Gasteiger partial charge in [0.15, 0.2) is 0 Å². The Balaban J connectivity index is 0. The van der Waals surface area contributed by atoms with Crippen molar-refractivity contribution in [2.45, 2.75) is 47.0 Å². The molecular weight excluding hydrogens is 154 g/mol. The normalized spacial score (nSPS) is 13.7. The van der Waals surface area contributed by atoms with Crippen molar-refractivity contribution in [2.24, 2.45) is 0 Å². The second-order valence-electron chi connectivity index (χ2n) is 2.18. The smallest absolute Gasteiger partial charge is 0.227 e. The van der Waals surface area contributed by atoms with Crippen LogP contribution in [0.15, 0.2) is 0 Å². The first-order chi connectivity index (χ1) is 5.70. The molecule has 0 spiro atoms. The van der Waals surface area contributed by atoms with Gasteiger partial charge in [0.05, 0.1) is 0 Å². The Bertz CT molecular complexity index is 118. The van der Waals surface area contributed by atoms with Crippen molar-refractivity contribution in [3.8, 4) is 0 Å². The summed E-state index contributed by atoms with van der Waals surface area (Å²) in [6, 6.07) is 0. The molecule has 0 radical (unpaired) electrons. The van der Waals surface area contributed by atoms with Crippen LogP contribution in [0.3, 0.4) is 0 Å². The van der Waals surface area contributed by atoms with Crippen molar-refractivity contribution in [3.05, 3.63) is 0 Å². The van der Waals surface area contributed by atoms with Gasteiger partial charge in [-0.1, -0.05) is 34.1 Å². The molecule has 1 heterocycles. The van der Waals surface area contributed by atoms with Crippen molar-refractivity contribution in [2.75, 3.05) is 0 Å². The topological polar surface area (TPSA) is 46.2 Å². The van der Waals surface area contributed by atoms with E-state index in [1.165, 1.54) is 6.42 Å². The van der Waals surface area contributed by atoms with Crippen LogP contribution in [0.4, 0.5) is 0 Å². The van der Waals surface area contributed by atoms with E-state index in [2.05, 4.69) is 19.2 Å². The van der Waals surface area contributed by atoms with Gasteiger partial charge in [0.1, 0.15) is 0 Å². The van der Waals surface area contributed by atoms with Gasteiger partial charge in [0.25, 0.3) is 0 Å². The quantitative estimate of drug-likeness (QED) is 0.568. The summed E-state index contributed by atoms with van der Waals surface area (Å²) in [7, 11) is 0. The van der Waals surface area contributed by atoms with Crippen LogP contribution >= 0.6 is 0 Å². The van der Waals surface area contributed by atoms with Gasteiger partial charge in [-0.05, 0) is 0 Å². The van der Waals surface area contributed by atoms with Crippen LogP contribution in [-0.4, -0.2) is 11.8 Å². The zero-order valence-electron chi connectivity index (χ0n) is 8.44. The zero-order valence-corrected chi connectivity index (χ0v) is 8.44. The molecule has 0 aromatic carbocycles. The van der Waals surface area contributed by atoms with E-state index in [0.29, 0.717) is 12.8 Å². The Morgan fingerprint density at radius 3 is 1.42 bits per heavy atom. The SMILES string of the molecule is CC.CCC.O=C1CCC(=O)N1. The van der Waals surface area contributed by atoms with E-state index in [9.17, 15) is 9.59 Å². The van der Waals surface area contributed by atoms with Crippen LogP contribution < -0.4 is 5.32 Å². The first-order valence-corrected chi connectivity index (χ1v) is 4.53. The summed E-state index contributed by atoms with van der Waals surface area (Å²) in [6.07, 6.45) is 2.00. The number of hydrogen-bond donors (Lipinski definition) is 1. The summed E-state index contributed by atoms with van der Waals surface area (Å²) in [4.78, 5) is 20.2. The molecule has 3 nitrogen and oxygen atoms in total. The highest BCUT2D eigenvalue weighted by atomic mass is 16.2. The Kier molecular flexibility index (Phi) is 11.6. The number of nitrogens with one attached hydrogen (secondary N) is 1. The first-order valence-electron chi connectivity index (χ1n) is 4.53. The van der Waals surface area contributed by atoms with Crippen molar-refractivity contribution < 1.29 is 9.59 Å². The van der Waals surface area contributed by atoms with Gasteiger partial charge < -0.3 is 0 Å². The van der Waals surface area contributed by atoms with Gasteiger partial charge in [-0.2, -0.15) is 0 Å². The molecule has 0 aromatic heterocycles. The molecule has 0 saturated carbocycles. The summed E-state index contributed by atoms with van der Waals surface area (Å²) >= 11 is 0. The molecule has 0 aliphatic carbocycles. The molecule has 0 unspecified atom stereocenters. The maximum atomic E-state index is 10.1. The van der Waals surface area contributed by atoms with Crippen molar-refractivity contribution in [3.63, 3.8) is 0 Å². The predicted molar refractivity (Wildman–Crippen MR) is 49.7 cm³/mol. The van der Waals surface area contributed by atoms with Gasteiger partial charge in [-0.15, -0.1) is 0 Å². The van der Waals surface area contributed by atoms with Crippen LogP contribution in [0.5, 0.6) is 0 Å². The summed E-state index contributed by atoms with van der Waals surface area (Å²) in [5, 5.41) is 2.14. The zero-order chi connectivity index (χ0) is 9.98. The van der Waals surface area contributed by atoms with E-state index in [1.807, 2.05) is 13.8 Å². The summed E-state index contributed by atoms with van der Waals surface area (Å²) < 4.78 is 0. The van der Waals surface area contributed by atoms with E-state index in [4.69, 9.17) is 0 Å². The minimum Gasteiger partial charge on any atom is -0.296 e. The van der Waals surface area contributed by atoms with E-state index in [0.717, 1.165) is 0 Å². The third-order valence-corrected chi connectivity index (χ3v) is 0.858. The highest BCUT2D eigenvalue weighted by molar-refractivity contribution is 6.01. The van der Waals surface area contributed by atoms with Gasteiger partial charge in [0, 0.05) is 12.8 Å². The Hall–Kier alpha value is -0.860. The first kappa shape index (κ1) is 13.7. The molecule has 0 atom stereocenters. The number of amides is 2. The number of carbonyl (C=O) groups excluding carboxylic acids is 2. The molecule has 0 bridgehead atoms. The van der Waals surface area contributed by atoms with E-state index < -0.39 is 0 Å². The van der Waals surface area contributed by atoms with Gasteiger partial charge in [-0.3, -0.25) is 14.9 Å². The maximum absolute atomic E-state index is 10.1. The number of carbonyl (C=O) groups is 2. The molecule has 2 amide bonds. The van der Waals surface area contributed by atoms with Gasteiger partial charge in [-0.25, -0.2) is 0 Å². The lowest BCUT2D eigenvalue weighted by Gasteiger charge is -1.79. The molecule has 72 valence electrons. The molecule has 1 saturated heterocycles. The van der Waals surface area contributed by atoms with Crippen LogP contribution in [-0.2, 0) is 9.59 Å². The Labute approximate surface area is 74.5 Å². The molecule has 0 aromatic rings. The largest absolute Gasteiger partial charge is 0.296 e. The lowest BCUT2D eigenvalue weighted by molar-refractivity contribution is -0.124. The fraction of sp³-hybridized carbons (Fsp3) is 0.778. The Morgan fingerprint density at radius 1 is 1.08 bits per heavy atom. The minimum atomic E-state index is -0.148. The van der Waals surface area contributed by atoms with E-state index in [1.54, 1.807) is 0 Å². The number of rotatable bonds is 0. The lowest BCUT2D eigenvalue weighted by atomic mass is 10.4. The van der Waals surface area contributed by atoms with E-state index >= 15 is 0 Å². The van der Waals surface area contributed by atoms with Gasteiger partial charge >= 0.3 is 0 Å². The molecule has 12 heavy (non-hydrogen) atoms. The van der Waals surface area contributed by atoms with Crippen molar-refractivity contribution in [1.82, 2.24) is 5.32 Å². The van der Waals surface area contributed by atoms with Crippen molar-refractivity contribution in [1.29, 1.82) is 0 Å². The average molecular weight is 173 g/mol. The van der Waals surface area contributed by atoms with Crippen LogP contribution in [0.1, 0.15) is 47.0 Å². The van der Waals surface area contributed by atoms with E-state index in [-0.39, 0.29) is 11.8 Å². The average Bonchev–Trinajstić information content (AvgIpc) is 2.40. The molecule has 3 heteroatoms. The maximum Gasteiger partial charge on any atom is 0.227 e. The number of hydrogen-bond acceptors (Lipinski definition) is 2. The molecular formula is C9H19NO2. The molecule has 1 N–H and O–H groups in total. The second-order valence-corrected chi connectivity index (χ2v) is 2.18.